The molecule has 0 fully saturated rings. The van der Waals surface area contributed by atoms with E-state index in [1.54, 1.807) is 23.0 Å². The smallest absolute Gasteiger partial charge is 0.263 e. The van der Waals surface area contributed by atoms with Gasteiger partial charge in [0.15, 0.2) is 11.6 Å². The molecule has 96 valence electrons. The van der Waals surface area contributed by atoms with Gasteiger partial charge in [0.25, 0.3) is 5.78 Å². The van der Waals surface area contributed by atoms with Gasteiger partial charge in [0.1, 0.15) is 5.58 Å². The molecule has 0 bridgehead atoms. The van der Waals surface area contributed by atoms with E-state index in [1.165, 1.54) is 0 Å². The summed E-state index contributed by atoms with van der Waals surface area (Å²) in [4.78, 5) is 16.5. The predicted octanol–water partition coefficient (Wildman–Crippen LogP) is 3.19. The lowest BCUT2D eigenvalue weighted by atomic mass is 10.2. The van der Waals surface area contributed by atoms with E-state index >= 15 is 0 Å². The molecule has 0 radical (unpaired) electrons. The Bertz CT molecular complexity index is 752. The van der Waals surface area contributed by atoms with E-state index in [0.29, 0.717) is 18.1 Å². The second-order valence-electron chi connectivity index (χ2n) is 4.52. The van der Waals surface area contributed by atoms with Gasteiger partial charge < -0.3 is 8.98 Å². The Labute approximate surface area is 110 Å². The third-order valence-corrected chi connectivity index (χ3v) is 3.15. The molecule has 3 aromatic rings. The van der Waals surface area contributed by atoms with Crippen LogP contribution in [0.25, 0.3) is 11.0 Å². The van der Waals surface area contributed by atoms with Gasteiger partial charge in [-0.3, -0.25) is 4.79 Å². The first-order chi connectivity index (χ1) is 9.19. The van der Waals surface area contributed by atoms with Gasteiger partial charge in [0.05, 0.1) is 0 Å². The fourth-order valence-electron chi connectivity index (χ4n) is 2.16. The molecule has 0 N–H and O–H groups in total. The Hall–Kier alpha value is -2.36. The summed E-state index contributed by atoms with van der Waals surface area (Å²) in [5.74, 6) is 0.570. The zero-order chi connectivity index (χ0) is 13.4. The third kappa shape index (κ3) is 1.95. The lowest BCUT2D eigenvalue weighted by Crippen LogP contribution is -2.09. The number of carbonyl (C=O) groups is 1. The first-order valence-corrected chi connectivity index (χ1v) is 6.25. The summed E-state index contributed by atoms with van der Waals surface area (Å²) in [6, 6.07) is 7.63. The molecular formula is C15H14N2O2. The minimum atomic E-state index is -0.180. The van der Waals surface area contributed by atoms with Gasteiger partial charge in [-0.05, 0) is 32.0 Å². The highest BCUT2D eigenvalue weighted by Gasteiger charge is 2.18. The summed E-state index contributed by atoms with van der Waals surface area (Å²) in [5.41, 5.74) is 1.87. The van der Waals surface area contributed by atoms with Crippen molar-refractivity contribution in [2.75, 3.05) is 0 Å². The number of ketones is 1. The average molecular weight is 254 g/mol. The van der Waals surface area contributed by atoms with Crippen molar-refractivity contribution in [2.45, 2.75) is 20.4 Å². The molecule has 0 aliphatic rings. The van der Waals surface area contributed by atoms with Gasteiger partial charge in [-0.25, -0.2) is 4.98 Å². The summed E-state index contributed by atoms with van der Waals surface area (Å²) >= 11 is 0. The van der Waals surface area contributed by atoms with Crippen LogP contribution in [0.2, 0.25) is 0 Å². The Morgan fingerprint density at radius 2 is 2.21 bits per heavy atom. The van der Waals surface area contributed by atoms with Crippen LogP contribution < -0.4 is 0 Å². The van der Waals surface area contributed by atoms with Crippen LogP contribution in [0.4, 0.5) is 0 Å². The monoisotopic (exact) mass is 254 g/mol. The van der Waals surface area contributed by atoms with Crippen molar-refractivity contribution in [3.05, 3.63) is 53.8 Å². The van der Waals surface area contributed by atoms with Crippen LogP contribution in [0.1, 0.15) is 28.9 Å². The highest BCUT2D eigenvalue weighted by atomic mass is 16.3. The molecule has 2 heterocycles. The molecule has 0 spiro atoms. The molecule has 2 aromatic heterocycles. The summed E-state index contributed by atoms with van der Waals surface area (Å²) in [6.45, 7) is 4.69. The van der Waals surface area contributed by atoms with Gasteiger partial charge in [0, 0.05) is 24.3 Å². The Morgan fingerprint density at radius 3 is 3.00 bits per heavy atom. The molecule has 0 unspecified atom stereocenters. The van der Waals surface area contributed by atoms with E-state index in [0.717, 1.165) is 16.5 Å². The first-order valence-electron chi connectivity index (χ1n) is 6.25. The predicted molar refractivity (Wildman–Crippen MR) is 72.3 cm³/mol. The zero-order valence-corrected chi connectivity index (χ0v) is 10.9. The first kappa shape index (κ1) is 11.7. The van der Waals surface area contributed by atoms with E-state index in [2.05, 4.69) is 4.98 Å². The van der Waals surface area contributed by atoms with Crippen LogP contribution in [0.15, 0.2) is 41.1 Å². The van der Waals surface area contributed by atoms with Crippen molar-refractivity contribution in [2.24, 2.45) is 0 Å². The standard InChI is InChI=1S/C15H14N2O2/c1-3-17-7-6-16-15(17)14(18)13-9-11-8-10(2)4-5-12(11)19-13/h4-9H,3H2,1-2H3. The molecule has 3 rings (SSSR count). The molecule has 19 heavy (non-hydrogen) atoms. The number of hydrogen-bond acceptors (Lipinski definition) is 3. The summed E-state index contributed by atoms with van der Waals surface area (Å²) < 4.78 is 7.41. The van der Waals surface area contributed by atoms with E-state index in [-0.39, 0.29) is 5.78 Å². The van der Waals surface area contributed by atoms with Crippen LogP contribution in [-0.4, -0.2) is 15.3 Å². The fourth-order valence-corrected chi connectivity index (χ4v) is 2.16. The lowest BCUT2D eigenvalue weighted by molar-refractivity contribution is 0.0997. The second kappa shape index (κ2) is 4.39. The van der Waals surface area contributed by atoms with Crippen molar-refractivity contribution >= 4 is 16.8 Å². The molecule has 0 saturated heterocycles. The number of hydrogen-bond donors (Lipinski definition) is 0. The number of furan rings is 1. The number of carbonyl (C=O) groups excluding carboxylic acids is 1. The maximum absolute atomic E-state index is 12.4. The third-order valence-electron chi connectivity index (χ3n) is 3.15. The number of benzene rings is 1. The van der Waals surface area contributed by atoms with Gasteiger partial charge in [-0.1, -0.05) is 11.6 Å². The quantitative estimate of drug-likeness (QED) is 0.674. The van der Waals surface area contributed by atoms with Crippen molar-refractivity contribution in [1.82, 2.24) is 9.55 Å². The summed E-state index contributed by atoms with van der Waals surface area (Å²) in [6.07, 6.45) is 3.42. The zero-order valence-electron chi connectivity index (χ0n) is 10.9. The van der Waals surface area contributed by atoms with Gasteiger partial charge in [0.2, 0.25) is 0 Å². The number of aryl methyl sites for hydroxylation is 2. The molecule has 0 saturated carbocycles. The number of rotatable bonds is 3. The van der Waals surface area contributed by atoms with Crippen molar-refractivity contribution in [3.63, 3.8) is 0 Å². The normalized spacial score (nSPS) is 11.1. The topological polar surface area (TPSA) is 48.0 Å². The Morgan fingerprint density at radius 1 is 1.37 bits per heavy atom. The summed E-state index contributed by atoms with van der Waals surface area (Å²) in [5, 5.41) is 0.943. The van der Waals surface area contributed by atoms with Gasteiger partial charge >= 0.3 is 0 Å². The van der Waals surface area contributed by atoms with E-state index < -0.39 is 0 Å². The molecule has 0 aliphatic heterocycles. The molecule has 4 heteroatoms. The molecular weight excluding hydrogens is 240 g/mol. The van der Waals surface area contributed by atoms with Gasteiger partial charge in [-0.15, -0.1) is 0 Å². The Balaban J connectivity index is 2.07. The molecule has 0 atom stereocenters. The maximum atomic E-state index is 12.4. The SMILES string of the molecule is CCn1ccnc1C(=O)c1cc2cc(C)ccc2o1. The minimum Gasteiger partial charge on any atom is -0.452 e. The fraction of sp³-hybridized carbons (Fsp3) is 0.200. The average Bonchev–Trinajstić information content (AvgIpc) is 3.03. The van der Waals surface area contributed by atoms with Crippen molar-refractivity contribution in [1.29, 1.82) is 0 Å². The molecule has 1 aromatic carbocycles. The van der Waals surface area contributed by atoms with Crippen LogP contribution in [0.3, 0.4) is 0 Å². The minimum absolute atomic E-state index is 0.180. The van der Waals surface area contributed by atoms with Gasteiger partial charge in [-0.2, -0.15) is 0 Å². The second-order valence-corrected chi connectivity index (χ2v) is 4.52. The van der Waals surface area contributed by atoms with Crippen LogP contribution in [0, 0.1) is 6.92 Å². The van der Waals surface area contributed by atoms with E-state index in [9.17, 15) is 4.79 Å². The number of fused-ring (bicyclic) bond motifs is 1. The maximum Gasteiger partial charge on any atom is 0.263 e. The Kier molecular flexibility index (Phi) is 2.71. The van der Waals surface area contributed by atoms with E-state index in [1.807, 2.05) is 32.0 Å². The lowest BCUT2D eigenvalue weighted by Gasteiger charge is -2.00. The van der Waals surface area contributed by atoms with Crippen LogP contribution >= 0.6 is 0 Å². The molecule has 0 amide bonds. The summed E-state index contributed by atoms with van der Waals surface area (Å²) in [7, 11) is 0. The largest absolute Gasteiger partial charge is 0.452 e. The number of imidazole rings is 1. The number of aromatic nitrogens is 2. The van der Waals surface area contributed by atoms with Crippen molar-refractivity contribution < 1.29 is 9.21 Å². The van der Waals surface area contributed by atoms with E-state index in [4.69, 9.17) is 4.42 Å². The number of nitrogens with zero attached hydrogens (tertiary/aromatic N) is 2. The molecule has 4 nitrogen and oxygen atoms in total. The van der Waals surface area contributed by atoms with Crippen LogP contribution in [0.5, 0.6) is 0 Å². The highest BCUT2D eigenvalue weighted by Crippen LogP contribution is 2.22. The van der Waals surface area contributed by atoms with Crippen LogP contribution in [-0.2, 0) is 6.54 Å². The molecule has 0 aliphatic carbocycles. The highest BCUT2D eigenvalue weighted by molar-refractivity contribution is 6.06. The van der Waals surface area contributed by atoms with Crippen molar-refractivity contribution in [3.8, 4) is 0 Å².